The topological polar surface area (TPSA) is 111 Å². The highest BCUT2D eigenvalue weighted by Gasteiger charge is 2.13. The van der Waals surface area contributed by atoms with Crippen molar-refractivity contribution in [3.63, 3.8) is 0 Å². The summed E-state index contributed by atoms with van der Waals surface area (Å²) >= 11 is 0. The van der Waals surface area contributed by atoms with E-state index in [-0.39, 0.29) is 11.4 Å². The molecule has 0 saturated heterocycles. The molecule has 1 N–H and O–H groups in total. The van der Waals surface area contributed by atoms with Crippen LogP contribution in [0.4, 0.5) is 5.69 Å². The van der Waals surface area contributed by atoms with Crippen LogP contribution in [0.2, 0.25) is 0 Å². The second kappa shape index (κ2) is 7.84. The monoisotopic (exact) mass is 425 g/mol. The molecule has 0 spiro atoms. The number of fused-ring (bicyclic) bond motifs is 3. The van der Waals surface area contributed by atoms with Gasteiger partial charge in [-0.25, -0.2) is 5.43 Å². The van der Waals surface area contributed by atoms with Gasteiger partial charge >= 0.3 is 5.91 Å². The predicted octanol–water partition coefficient (Wildman–Crippen LogP) is 5.52. The lowest BCUT2D eigenvalue weighted by Crippen LogP contribution is -2.16. The Morgan fingerprint density at radius 2 is 1.75 bits per heavy atom. The standard InChI is InChI=1S/C24H15N3O5/c28-24(23-13-20-19-4-2-1-3-15(19)7-11-22(20)32-23)26-25-14-18-10-12-21(31-18)16-5-8-17(9-6-16)27(29)30/h1-14H,(H,26,28)/b25-14-. The molecular weight excluding hydrogens is 410 g/mol. The molecular formula is C24H15N3O5. The Balaban J connectivity index is 1.29. The van der Waals surface area contributed by atoms with Gasteiger partial charge in [0.15, 0.2) is 5.76 Å². The molecule has 5 rings (SSSR count). The summed E-state index contributed by atoms with van der Waals surface area (Å²) < 4.78 is 11.3. The molecule has 3 aromatic carbocycles. The Bertz CT molecular complexity index is 1500. The summed E-state index contributed by atoms with van der Waals surface area (Å²) in [6.45, 7) is 0. The molecule has 0 atom stereocenters. The number of furan rings is 2. The number of rotatable bonds is 5. The summed E-state index contributed by atoms with van der Waals surface area (Å²) in [6, 6.07) is 22.8. The number of non-ortho nitro benzene ring substituents is 1. The number of hydrogen-bond donors (Lipinski definition) is 1. The molecule has 0 fully saturated rings. The Hall–Kier alpha value is -4.72. The Labute approximate surface area is 180 Å². The first-order valence-electron chi connectivity index (χ1n) is 9.68. The number of nitrogens with one attached hydrogen (secondary N) is 1. The first kappa shape index (κ1) is 19.3. The molecule has 0 unspecified atom stereocenters. The molecule has 0 aliphatic rings. The van der Waals surface area contributed by atoms with Gasteiger partial charge in [-0.15, -0.1) is 0 Å². The summed E-state index contributed by atoms with van der Waals surface area (Å²) in [4.78, 5) is 22.7. The fourth-order valence-corrected chi connectivity index (χ4v) is 3.44. The predicted molar refractivity (Wildman–Crippen MR) is 120 cm³/mol. The fraction of sp³-hybridized carbons (Fsp3) is 0. The van der Waals surface area contributed by atoms with Crippen LogP contribution in [0.25, 0.3) is 33.1 Å². The third-order valence-electron chi connectivity index (χ3n) is 5.00. The third-order valence-corrected chi connectivity index (χ3v) is 5.00. The molecule has 0 radical (unpaired) electrons. The molecule has 0 saturated carbocycles. The van der Waals surface area contributed by atoms with Gasteiger partial charge in [-0.3, -0.25) is 14.9 Å². The molecule has 8 heteroatoms. The largest absolute Gasteiger partial charge is 0.455 e. The number of benzene rings is 3. The molecule has 8 nitrogen and oxygen atoms in total. The van der Waals surface area contributed by atoms with Crippen LogP contribution in [0.15, 0.2) is 92.8 Å². The van der Waals surface area contributed by atoms with E-state index in [1.165, 1.54) is 18.3 Å². The SMILES string of the molecule is O=C(N/N=C\c1ccc(-c2ccc([N+](=O)[O-])cc2)o1)c1cc2c(ccc3ccccc32)o1. The molecule has 5 aromatic rings. The van der Waals surface area contributed by atoms with E-state index in [0.29, 0.717) is 22.7 Å². The van der Waals surface area contributed by atoms with Gasteiger partial charge in [-0.05, 0) is 47.2 Å². The van der Waals surface area contributed by atoms with Crippen molar-refractivity contribution >= 4 is 39.6 Å². The number of carbonyl (C=O) groups excluding carboxylic acids is 1. The van der Waals surface area contributed by atoms with E-state index in [1.807, 2.05) is 36.4 Å². The number of hydrogen-bond acceptors (Lipinski definition) is 6. The second-order valence-corrected chi connectivity index (χ2v) is 7.01. The minimum atomic E-state index is -0.483. The van der Waals surface area contributed by atoms with Crippen molar-refractivity contribution in [1.29, 1.82) is 0 Å². The lowest BCUT2D eigenvalue weighted by molar-refractivity contribution is -0.384. The van der Waals surface area contributed by atoms with E-state index in [2.05, 4.69) is 10.5 Å². The maximum absolute atomic E-state index is 12.4. The van der Waals surface area contributed by atoms with E-state index in [0.717, 1.165) is 16.2 Å². The normalized spacial score (nSPS) is 11.4. The minimum Gasteiger partial charge on any atom is -0.455 e. The van der Waals surface area contributed by atoms with Crippen molar-refractivity contribution in [1.82, 2.24) is 5.43 Å². The zero-order chi connectivity index (χ0) is 22.1. The van der Waals surface area contributed by atoms with Gasteiger partial charge in [-0.1, -0.05) is 30.3 Å². The quantitative estimate of drug-likeness (QED) is 0.226. The maximum Gasteiger partial charge on any atom is 0.307 e. The molecule has 2 aromatic heterocycles. The van der Waals surface area contributed by atoms with Gasteiger partial charge in [-0.2, -0.15) is 5.10 Å². The zero-order valence-electron chi connectivity index (χ0n) is 16.5. The summed E-state index contributed by atoms with van der Waals surface area (Å²) in [5.74, 6) is 0.606. The van der Waals surface area contributed by atoms with Crippen LogP contribution in [0.3, 0.4) is 0 Å². The van der Waals surface area contributed by atoms with Crippen molar-refractivity contribution in [2.24, 2.45) is 5.10 Å². The third kappa shape index (κ3) is 3.61. The van der Waals surface area contributed by atoms with Crippen LogP contribution in [0.5, 0.6) is 0 Å². The average molecular weight is 425 g/mol. The zero-order valence-corrected chi connectivity index (χ0v) is 16.5. The van der Waals surface area contributed by atoms with Crippen LogP contribution >= 0.6 is 0 Å². The van der Waals surface area contributed by atoms with Crippen LogP contribution in [0, 0.1) is 10.1 Å². The van der Waals surface area contributed by atoms with Crippen molar-refractivity contribution in [3.8, 4) is 11.3 Å². The summed E-state index contributed by atoms with van der Waals surface area (Å²) in [7, 11) is 0. The van der Waals surface area contributed by atoms with E-state index < -0.39 is 10.8 Å². The van der Waals surface area contributed by atoms with Gasteiger partial charge < -0.3 is 8.83 Å². The van der Waals surface area contributed by atoms with Gasteiger partial charge in [0.2, 0.25) is 0 Å². The highest BCUT2D eigenvalue weighted by molar-refractivity contribution is 6.08. The Kier molecular flexibility index (Phi) is 4.72. The number of carbonyl (C=O) groups is 1. The molecule has 1 amide bonds. The van der Waals surface area contributed by atoms with Crippen LogP contribution in [0.1, 0.15) is 16.3 Å². The fourth-order valence-electron chi connectivity index (χ4n) is 3.44. The molecule has 0 aliphatic heterocycles. The van der Waals surface area contributed by atoms with E-state index in [4.69, 9.17) is 8.83 Å². The number of nitro groups is 1. The second-order valence-electron chi connectivity index (χ2n) is 7.01. The van der Waals surface area contributed by atoms with Crippen LogP contribution in [-0.2, 0) is 0 Å². The summed E-state index contributed by atoms with van der Waals surface area (Å²) in [5.41, 5.74) is 3.74. The first-order valence-corrected chi connectivity index (χ1v) is 9.68. The van der Waals surface area contributed by atoms with Crippen molar-refractivity contribution in [2.75, 3.05) is 0 Å². The van der Waals surface area contributed by atoms with Crippen molar-refractivity contribution in [3.05, 3.63) is 100 Å². The molecule has 32 heavy (non-hydrogen) atoms. The first-order chi connectivity index (χ1) is 15.6. The number of amides is 1. The van der Waals surface area contributed by atoms with Crippen LogP contribution < -0.4 is 5.43 Å². The van der Waals surface area contributed by atoms with E-state index >= 15 is 0 Å². The molecule has 0 bridgehead atoms. The summed E-state index contributed by atoms with van der Waals surface area (Å²) in [6.07, 6.45) is 1.37. The number of nitro benzene ring substituents is 1. The molecule has 2 heterocycles. The van der Waals surface area contributed by atoms with Gasteiger partial charge in [0.1, 0.15) is 17.1 Å². The number of nitrogens with zero attached hydrogens (tertiary/aromatic N) is 2. The van der Waals surface area contributed by atoms with E-state index in [1.54, 1.807) is 30.3 Å². The smallest absolute Gasteiger partial charge is 0.307 e. The van der Waals surface area contributed by atoms with Crippen molar-refractivity contribution < 1.29 is 18.6 Å². The highest BCUT2D eigenvalue weighted by Crippen LogP contribution is 2.28. The van der Waals surface area contributed by atoms with Gasteiger partial charge in [0, 0.05) is 23.1 Å². The summed E-state index contributed by atoms with van der Waals surface area (Å²) in [5, 5.41) is 17.6. The van der Waals surface area contributed by atoms with Crippen LogP contribution in [-0.4, -0.2) is 17.0 Å². The molecule has 0 aliphatic carbocycles. The maximum atomic E-state index is 12.4. The highest BCUT2D eigenvalue weighted by atomic mass is 16.6. The lowest BCUT2D eigenvalue weighted by atomic mass is 10.1. The molecule has 156 valence electrons. The average Bonchev–Trinajstić information content (AvgIpc) is 3.46. The van der Waals surface area contributed by atoms with Gasteiger partial charge in [0.05, 0.1) is 11.1 Å². The van der Waals surface area contributed by atoms with Crippen molar-refractivity contribution in [2.45, 2.75) is 0 Å². The lowest BCUT2D eigenvalue weighted by Gasteiger charge is -1.96. The Morgan fingerprint density at radius 3 is 2.56 bits per heavy atom. The number of hydrazone groups is 1. The minimum absolute atomic E-state index is 0.00314. The van der Waals surface area contributed by atoms with Gasteiger partial charge in [0.25, 0.3) is 5.69 Å². The Morgan fingerprint density at radius 1 is 0.938 bits per heavy atom. The van der Waals surface area contributed by atoms with E-state index in [9.17, 15) is 14.9 Å².